The molecule has 108 valence electrons. The first-order chi connectivity index (χ1) is 9.74. The molecular weight excluding hydrogens is 254 g/mol. The van der Waals surface area contributed by atoms with E-state index in [1.54, 1.807) is 7.11 Å². The quantitative estimate of drug-likeness (QED) is 0.457. The Hall–Kier alpha value is -1.53. The lowest BCUT2D eigenvalue weighted by atomic mass is 10.0. The predicted octanol–water partition coefficient (Wildman–Crippen LogP) is 1.71. The second-order valence-electron chi connectivity index (χ2n) is 4.69. The van der Waals surface area contributed by atoms with Crippen LogP contribution in [0.1, 0.15) is 17.3 Å². The molecule has 1 heterocycles. The maximum Gasteiger partial charge on any atom is 0.0705 e. The highest BCUT2D eigenvalue weighted by Crippen LogP contribution is 2.19. The molecule has 0 bridgehead atoms. The Kier molecular flexibility index (Phi) is 5.43. The lowest BCUT2D eigenvalue weighted by molar-refractivity contribution is 0.0586. The molecule has 0 aliphatic rings. The van der Waals surface area contributed by atoms with Crippen LogP contribution >= 0.6 is 0 Å². The number of nitrogens with two attached hydrogens (primary N) is 1. The Morgan fingerprint density at radius 2 is 2.10 bits per heavy atom. The minimum Gasteiger partial charge on any atom is -0.382 e. The molecule has 3 N–H and O–H groups in total. The first-order valence-electron chi connectivity index (χ1n) is 6.64. The van der Waals surface area contributed by atoms with Crippen LogP contribution in [0.25, 0.3) is 10.9 Å². The summed E-state index contributed by atoms with van der Waals surface area (Å²) in [6.07, 6.45) is 0. The van der Waals surface area contributed by atoms with E-state index in [9.17, 15) is 0 Å². The average Bonchev–Trinajstić information content (AvgIpc) is 2.47. The largest absolute Gasteiger partial charge is 0.382 e. The first kappa shape index (κ1) is 14.9. The number of aromatic nitrogens is 1. The summed E-state index contributed by atoms with van der Waals surface area (Å²) in [6, 6.07) is 10.2. The minimum atomic E-state index is -0.0439. The third-order valence-electron chi connectivity index (χ3n) is 3.17. The highest BCUT2D eigenvalue weighted by Gasteiger charge is 2.10. The molecule has 5 heteroatoms. The third kappa shape index (κ3) is 3.74. The highest BCUT2D eigenvalue weighted by molar-refractivity contribution is 5.79. The van der Waals surface area contributed by atoms with Gasteiger partial charge >= 0.3 is 0 Å². The molecule has 0 aliphatic carbocycles. The molecule has 2 rings (SSSR count). The van der Waals surface area contributed by atoms with Gasteiger partial charge in [0.1, 0.15) is 0 Å². The molecule has 1 aromatic carbocycles. The number of fused-ring (bicyclic) bond motifs is 1. The molecule has 0 fully saturated rings. The van der Waals surface area contributed by atoms with Gasteiger partial charge in [-0.15, -0.1) is 0 Å². The fraction of sp³-hybridized carbons (Fsp3) is 0.400. The second kappa shape index (κ2) is 7.31. The summed E-state index contributed by atoms with van der Waals surface area (Å²) in [4.78, 5) is 4.49. The van der Waals surface area contributed by atoms with Crippen molar-refractivity contribution < 1.29 is 9.47 Å². The van der Waals surface area contributed by atoms with Crippen LogP contribution in [-0.4, -0.2) is 31.9 Å². The van der Waals surface area contributed by atoms with Gasteiger partial charge in [-0.2, -0.15) is 0 Å². The van der Waals surface area contributed by atoms with Crippen LogP contribution in [0.5, 0.6) is 0 Å². The number of hydrazine groups is 1. The Bertz CT molecular complexity index is 560. The predicted molar refractivity (Wildman–Crippen MR) is 79.2 cm³/mol. The van der Waals surface area contributed by atoms with Crippen molar-refractivity contribution in [1.82, 2.24) is 10.4 Å². The van der Waals surface area contributed by atoms with E-state index < -0.39 is 0 Å². The number of hydrogen-bond acceptors (Lipinski definition) is 5. The molecule has 1 atom stereocenters. The van der Waals surface area contributed by atoms with Crippen LogP contribution < -0.4 is 11.3 Å². The van der Waals surface area contributed by atoms with Gasteiger partial charge in [0.05, 0.1) is 31.4 Å². The molecular formula is C15H21N3O2. The molecule has 0 amide bonds. The van der Waals surface area contributed by atoms with E-state index in [2.05, 4.69) is 22.5 Å². The summed E-state index contributed by atoms with van der Waals surface area (Å²) in [6.45, 7) is 3.63. The molecule has 0 saturated heterocycles. The monoisotopic (exact) mass is 275 g/mol. The van der Waals surface area contributed by atoms with Crippen LogP contribution in [0, 0.1) is 6.92 Å². The van der Waals surface area contributed by atoms with Crippen molar-refractivity contribution in [3.8, 4) is 0 Å². The number of ether oxygens (including phenoxy) is 2. The maximum absolute atomic E-state index is 5.61. The topological polar surface area (TPSA) is 69.4 Å². The number of aryl methyl sites for hydroxylation is 1. The zero-order chi connectivity index (χ0) is 14.4. The Morgan fingerprint density at radius 3 is 2.85 bits per heavy atom. The fourth-order valence-corrected chi connectivity index (χ4v) is 2.05. The Morgan fingerprint density at radius 1 is 1.25 bits per heavy atom. The van der Waals surface area contributed by atoms with Crippen molar-refractivity contribution in [2.24, 2.45) is 5.84 Å². The van der Waals surface area contributed by atoms with Gasteiger partial charge in [-0.25, -0.2) is 0 Å². The van der Waals surface area contributed by atoms with Gasteiger partial charge in [0.15, 0.2) is 0 Å². The molecule has 1 unspecified atom stereocenters. The molecule has 0 radical (unpaired) electrons. The number of nitrogens with zero attached hydrogens (tertiary/aromatic N) is 1. The molecule has 1 aromatic heterocycles. The van der Waals surface area contributed by atoms with Gasteiger partial charge < -0.3 is 9.47 Å². The van der Waals surface area contributed by atoms with Crippen molar-refractivity contribution >= 4 is 10.9 Å². The van der Waals surface area contributed by atoms with Crippen LogP contribution in [0.3, 0.4) is 0 Å². The summed E-state index contributed by atoms with van der Waals surface area (Å²) in [5.74, 6) is 5.61. The van der Waals surface area contributed by atoms with Crippen molar-refractivity contribution in [3.63, 3.8) is 0 Å². The van der Waals surface area contributed by atoms with E-state index in [-0.39, 0.29) is 6.04 Å². The summed E-state index contributed by atoms with van der Waals surface area (Å²) in [5, 5.41) is 1.10. The lowest BCUT2D eigenvalue weighted by Gasteiger charge is -2.17. The van der Waals surface area contributed by atoms with Crippen LogP contribution in [-0.2, 0) is 9.47 Å². The second-order valence-corrected chi connectivity index (χ2v) is 4.69. The van der Waals surface area contributed by atoms with Crippen molar-refractivity contribution in [2.45, 2.75) is 13.0 Å². The average molecular weight is 275 g/mol. The van der Waals surface area contributed by atoms with Crippen LogP contribution in [0.4, 0.5) is 0 Å². The zero-order valence-corrected chi connectivity index (χ0v) is 11.9. The normalized spacial score (nSPS) is 12.8. The van der Waals surface area contributed by atoms with E-state index >= 15 is 0 Å². The van der Waals surface area contributed by atoms with Gasteiger partial charge in [0, 0.05) is 18.2 Å². The van der Waals surface area contributed by atoms with Gasteiger partial charge in [0.2, 0.25) is 0 Å². The van der Waals surface area contributed by atoms with Crippen LogP contribution in [0.2, 0.25) is 0 Å². The smallest absolute Gasteiger partial charge is 0.0705 e. The number of hydrogen-bond donors (Lipinski definition) is 2. The molecule has 2 aromatic rings. The van der Waals surface area contributed by atoms with E-state index in [4.69, 9.17) is 15.3 Å². The van der Waals surface area contributed by atoms with Gasteiger partial charge in [-0.3, -0.25) is 16.3 Å². The highest BCUT2D eigenvalue weighted by atomic mass is 16.5. The zero-order valence-electron chi connectivity index (χ0n) is 11.9. The SMILES string of the molecule is COCCOCC(NN)c1ccc2nc(C)ccc2c1. The third-order valence-corrected chi connectivity index (χ3v) is 3.17. The van der Waals surface area contributed by atoms with Crippen molar-refractivity contribution in [1.29, 1.82) is 0 Å². The summed E-state index contributed by atoms with van der Waals surface area (Å²) >= 11 is 0. The van der Waals surface area contributed by atoms with Gasteiger partial charge in [-0.1, -0.05) is 12.1 Å². The number of benzene rings is 1. The lowest BCUT2D eigenvalue weighted by Crippen LogP contribution is -2.31. The molecule has 0 spiro atoms. The molecule has 0 saturated carbocycles. The van der Waals surface area contributed by atoms with E-state index in [0.717, 1.165) is 22.2 Å². The van der Waals surface area contributed by atoms with Gasteiger partial charge in [-0.05, 0) is 30.7 Å². The Labute approximate surface area is 119 Å². The fourth-order valence-electron chi connectivity index (χ4n) is 2.05. The standard InChI is InChI=1S/C15H21N3O2/c1-11-3-4-12-9-13(5-6-14(12)17-11)15(18-16)10-20-8-7-19-2/h3-6,9,15,18H,7-8,10,16H2,1-2H3. The molecule has 5 nitrogen and oxygen atoms in total. The summed E-state index contributed by atoms with van der Waals surface area (Å²) < 4.78 is 10.5. The number of rotatable bonds is 7. The summed E-state index contributed by atoms with van der Waals surface area (Å²) in [5.41, 5.74) is 5.88. The Balaban J connectivity index is 2.11. The summed E-state index contributed by atoms with van der Waals surface area (Å²) in [7, 11) is 1.65. The van der Waals surface area contributed by atoms with E-state index in [1.165, 1.54) is 0 Å². The maximum atomic E-state index is 5.61. The number of pyridine rings is 1. The number of nitrogens with one attached hydrogen (secondary N) is 1. The molecule has 0 aliphatic heterocycles. The first-order valence-corrected chi connectivity index (χ1v) is 6.64. The van der Waals surface area contributed by atoms with Crippen molar-refractivity contribution in [2.75, 3.05) is 26.9 Å². The van der Waals surface area contributed by atoms with Crippen LogP contribution in [0.15, 0.2) is 30.3 Å². The minimum absolute atomic E-state index is 0.0439. The van der Waals surface area contributed by atoms with Gasteiger partial charge in [0.25, 0.3) is 0 Å². The van der Waals surface area contributed by atoms with E-state index in [1.807, 2.05) is 25.1 Å². The molecule has 20 heavy (non-hydrogen) atoms. The van der Waals surface area contributed by atoms with Crippen molar-refractivity contribution in [3.05, 3.63) is 41.6 Å². The number of methoxy groups -OCH3 is 1. The van der Waals surface area contributed by atoms with E-state index in [0.29, 0.717) is 19.8 Å².